The fraction of sp³-hybridized carbons (Fsp3) is 0.636. The number of aromatic amines is 1. The SMILES string of the molecule is CCN1CCC(CNc2nc[nH]c(=O)c2Br)C1. The number of nitrogens with one attached hydrogen (secondary N) is 2. The van der Waals surface area contributed by atoms with Gasteiger partial charge in [0, 0.05) is 13.1 Å². The quantitative estimate of drug-likeness (QED) is 0.879. The van der Waals surface area contributed by atoms with Gasteiger partial charge >= 0.3 is 0 Å². The van der Waals surface area contributed by atoms with Crippen LogP contribution < -0.4 is 10.9 Å². The lowest BCUT2D eigenvalue weighted by molar-refractivity contribution is 0.345. The van der Waals surface area contributed by atoms with Crippen LogP contribution in [0.2, 0.25) is 0 Å². The predicted molar refractivity (Wildman–Crippen MR) is 71.3 cm³/mol. The van der Waals surface area contributed by atoms with Crippen molar-refractivity contribution in [3.63, 3.8) is 0 Å². The minimum absolute atomic E-state index is 0.149. The highest BCUT2D eigenvalue weighted by Crippen LogP contribution is 2.18. The molecule has 0 amide bonds. The highest BCUT2D eigenvalue weighted by Gasteiger charge is 2.21. The Bertz CT molecular complexity index is 434. The van der Waals surface area contributed by atoms with Crippen molar-refractivity contribution < 1.29 is 0 Å². The fourth-order valence-corrected chi connectivity index (χ4v) is 2.47. The number of anilines is 1. The Hall–Kier alpha value is -0.880. The molecule has 1 fully saturated rings. The Labute approximate surface area is 109 Å². The number of hydrogen-bond acceptors (Lipinski definition) is 4. The summed E-state index contributed by atoms with van der Waals surface area (Å²) >= 11 is 3.24. The van der Waals surface area contributed by atoms with Gasteiger partial charge in [-0.15, -0.1) is 0 Å². The lowest BCUT2D eigenvalue weighted by atomic mass is 10.1. The molecule has 0 aromatic carbocycles. The molecule has 1 aromatic heterocycles. The van der Waals surface area contributed by atoms with E-state index in [1.165, 1.54) is 19.3 Å². The number of rotatable bonds is 4. The number of halogens is 1. The molecule has 5 nitrogen and oxygen atoms in total. The summed E-state index contributed by atoms with van der Waals surface area (Å²) in [6.45, 7) is 6.47. The van der Waals surface area contributed by atoms with Crippen molar-refractivity contribution in [1.29, 1.82) is 0 Å². The average molecular weight is 301 g/mol. The van der Waals surface area contributed by atoms with Crippen LogP contribution in [0.15, 0.2) is 15.6 Å². The molecule has 2 heterocycles. The summed E-state index contributed by atoms with van der Waals surface area (Å²) in [6, 6.07) is 0. The highest BCUT2D eigenvalue weighted by molar-refractivity contribution is 9.10. The third-order valence-electron chi connectivity index (χ3n) is 3.17. The van der Waals surface area contributed by atoms with E-state index >= 15 is 0 Å². The molecule has 17 heavy (non-hydrogen) atoms. The molecule has 0 saturated carbocycles. The zero-order chi connectivity index (χ0) is 12.3. The molecule has 6 heteroatoms. The van der Waals surface area contributed by atoms with Gasteiger partial charge in [0.15, 0.2) is 0 Å². The molecular formula is C11H17BrN4O. The normalized spacial score (nSPS) is 20.7. The van der Waals surface area contributed by atoms with Crippen molar-refractivity contribution in [2.75, 3.05) is 31.5 Å². The van der Waals surface area contributed by atoms with E-state index in [4.69, 9.17) is 0 Å². The summed E-state index contributed by atoms with van der Waals surface area (Å²) < 4.78 is 0.477. The van der Waals surface area contributed by atoms with Gasteiger partial charge in [-0.25, -0.2) is 4.98 Å². The summed E-state index contributed by atoms with van der Waals surface area (Å²) in [7, 11) is 0. The third-order valence-corrected chi connectivity index (χ3v) is 3.91. The first kappa shape index (κ1) is 12.6. The second-order valence-corrected chi connectivity index (χ2v) is 5.12. The fourth-order valence-electron chi connectivity index (χ4n) is 2.11. The molecule has 1 aliphatic rings. The topological polar surface area (TPSA) is 61.0 Å². The van der Waals surface area contributed by atoms with Crippen LogP contribution in [0.5, 0.6) is 0 Å². The summed E-state index contributed by atoms with van der Waals surface area (Å²) in [5, 5.41) is 3.24. The molecule has 2 N–H and O–H groups in total. The molecule has 1 saturated heterocycles. The van der Waals surface area contributed by atoms with Crippen molar-refractivity contribution >= 4 is 21.7 Å². The maximum absolute atomic E-state index is 11.3. The molecule has 0 aliphatic carbocycles. The summed E-state index contributed by atoms with van der Waals surface area (Å²) in [6.07, 6.45) is 2.63. The van der Waals surface area contributed by atoms with E-state index < -0.39 is 0 Å². The third kappa shape index (κ3) is 3.07. The molecule has 94 valence electrons. The number of aromatic nitrogens is 2. The second-order valence-electron chi connectivity index (χ2n) is 4.32. The standard InChI is InChI=1S/C11H17BrN4O/c1-2-16-4-3-8(6-16)5-13-10-9(12)11(17)15-7-14-10/h7-8H,2-6H2,1H3,(H2,13,14,15,17). The van der Waals surface area contributed by atoms with Gasteiger partial charge in [0.1, 0.15) is 10.3 Å². The number of H-pyrrole nitrogens is 1. The minimum atomic E-state index is -0.149. The Kier molecular flexibility index (Phi) is 4.17. The van der Waals surface area contributed by atoms with E-state index in [0.717, 1.165) is 19.6 Å². The van der Waals surface area contributed by atoms with E-state index in [2.05, 4.69) is 43.0 Å². The molecule has 0 bridgehead atoms. The van der Waals surface area contributed by atoms with E-state index in [1.54, 1.807) is 0 Å². The van der Waals surface area contributed by atoms with Gasteiger partial charge in [0.2, 0.25) is 0 Å². The Balaban J connectivity index is 1.90. The van der Waals surface area contributed by atoms with Crippen molar-refractivity contribution in [3.05, 3.63) is 21.2 Å². The largest absolute Gasteiger partial charge is 0.369 e. The van der Waals surface area contributed by atoms with Crippen molar-refractivity contribution in [2.45, 2.75) is 13.3 Å². The molecule has 1 aromatic rings. The van der Waals surface area contributed by atoms with E-state index in [1.807, 2.05) is 0 Å². The minimum Gasteiger partial charge on any atom is -0.369 e. The van der Waals surface area contributed by atoms with Crippen molar-refractivity contribution in [1.82, 2.24) is 14.9 Å². The van der Waals surface area contributed by atoms with Gasteiger partial charge in [-0.3, -0.25) is 4.79 Å². The summed E-state index contributed by atoms with van der Waals surface area (Å²) in [5.41, 5.74) is -0.149. The number of nitrogens with zero attached hydrogens (tertiary/aromatic N) is 2. The van der Waals surface area contributed by atoms with Gasteiger partial charge in [0.25, 0.3) is 5.56 Å². The van der Waals surface area contributed by atoms with Crippen LogP contribution in [0.25, 0.3) is 0 Å². The van der Waals surface area contributed by atoms with Crippen LogP contribution in [0.3, 0.4) is 0 Å². The number of likely N-dealkylation sites (tertiary alicyclic amines) is 1. The van der Waals surface area contributed by atoms with Crippen LogP contribution in [-0.4, -0.2) is 41.0 Å². The Morgan fingerprint density at radius 2 is 2.53 bits per heavy atom. The maximum atomic E-state index is 11.3. The Morgan fingerprint density at radius 1 is 1.71 bits per heavy atom. The Morgan fingerprint density at radius 3 is 3.24 bits per heavy atom. The number of hydrogen-bond donors (Lipinski definition) is 2. The molecule has 0 spiro atoms. The molecule has 0 radical (unpaired) electrons. The van der Waals surface area contributed by atoms with E-state index in [-0.39, 0.29) is 5.56 Å². The summed E-state index contributed by atoms with van der Waals surface area (Å²) in [4.78, 5) is 20.4. The van der Waals surface area contributed by atoms with Gasteiger partial charge in [-0.2, -0.15) is 0 Å². The average Bonchev–Trinajstić information content (AvgIpc) is 2.79. The van der Waals surface area contributed by atoms with Crippen LogP contribution >= 0.6 is 15.9 Å². The first-order valence-electron chi connectivity index (χ1n) is 5.90. The monoisotopic (exact) mass is 300 g/mol. The molecular weight excluding hydrogens is 284 g/mol. The molecule has 1 aliphatic heterocycles. The van der Waals surface area contributed by atoms with Crippen LogP contribution in [0.4, 0.5) is 5.82 Å². The first-order valence-corrected chi connectivity index (χ1v) is 6.69. The summed E-state index contributed by atoms with van der Waals surface area (Å²) in [5.74, 6) is 1.27. The van der Waals surface area contributed by atoms with Crippen LogP contribution in [-0.2, 0) is 0 Å². The van der Waals surface area contributed by atoms with Crippen molar-refractivity contribution in [3.8, 4) is 0 Å². The maximum Gasteiger partial charge on any atom is 0.267 e. The molecule has 2 rings (SSSR count). The smallest absolute Gasteiger partial charge is 0.267 e. The van der Waals surface area contributed by atoms with E-state index in [0.29, 0.717) is 16.2 Å². The van der Waals surface area contributed by atoms with Crippen LogP contribution in [0, 0.1) is 5.92 Å². The molecule has 1 unspecified atom stereocenters. The van der Waals surface area contributed by atoms with E-state index in [9.17, 15) is 4.79 Å². The second kappa shape index (κ2) is 5.64. The lowest BCUT2D eigenvalue weighted by Crippen LogP contribution is -2.23. The van der Waals surface area contributed by atoms with Gasteiger partial charge in [-0.05, 0) is 41.4 Å². The predicted octanol–water partition coefficient (Wildman–Crippen LogP) is 1.29. The van der Waals surface area contributed by atoms with Gasteiger partial charge in [-0.1, -0.05) is 6.92 Å². The van der Waals surface area contributed by atoms with Crippen LogP contribution in [0.1, 0.15) is 13.3 Å². The first-order chi connectivity index (χ1) is 8.20. The van der Waals surface area contributed by atoms with Gasteiger partial charge < -0.3 is 15.2 Å². The zero-order valence-corrected chi connectivity index (χ0v) is 11.5. The molecule has 1 atom stereocenters. The highest BCUT2D eigenvalue weighted by atomic mass is 79.9. The zero-order valence-electron chi connectivity index (χ0n) is 9.87. The lowest BCUT2D eigenvalue weighted by Gasteiger charge is -2.14. The van der Waals surface area contributed by atoms with Gasteiger partial charge in [0.05, 0.1) is 6.33 Å². The van der Waals surface area contributed by atoms with Crippen molar-refractivity contribution in [2.24, 2.45) is 5.92 Å².